The Morgan fingerprint density at radius 2 is 1.85 bits per heavy atom. The zero-order valence-corrected chi connectivity index (χ0v) is 13.4. The Labute approximate surface area is 128 Å². The molecule has 0 aliphatic carbocycles. The van der Waals surface area contributed by atoms with Gasteiger partial charge in [-0.15, -0.1) is 0 Å². The van der Waals surface area contributed by atoms with Crippen LogP contribution in [0.5, 0.6) is 0 Å². The molecular formula is C14H18Cl2N2O2. The summed E-state index contributed by atoms with van der Waals surface area (Å²) in [5.41, 5.74) is -0.220. The van der Waals surface area contributed by atoms with Gasteiger partial charge in [-0.1, -0.05) is 29.3 Å². The summed E-state index contributed by atoms with van der Waals surface area (Å²) >= 11 is 11.9. The van der Waals surface area contributed by atoms with Crippen LogP contribution in [0.3, 0.4) is 0 Å². The van der Waals surface area contributed by atoms with E-state index in [0.29, 0.717) is 10.0 Å². The lowest BCUT2D eigenvalue weighted by molar-refractivity contribution is -0.132. The second-order valence-electron chi connectivity index (χ2n) is 5.17. The summed E-state index contributed by atoms with van der Waals surface area (Å²) in [7, 11) is 0. The number of benzene rings is 1. The minimum atomic E-state index is -0.987. The van der Waals surface area contributed by atoms with E-state index in [9.17, 15) is 9.59 Å². The molecule has 0 heterocycles. The first-order chi connectivity index (χ1) is 9.13. The van der Waals surface area contributed by atoms with Crippen molar-refractivity contribution < 1.29 is 9.59 Å². The minimum absolute atomic E-state index is 0.262. The van der Waals surface area contributed by atoms with Crippen LogP contribution < -0.4 is 10.6 Å². The number of hydrogen-bond acceptors (Lipinski definition) is 2. The van der Waals surface area contributed by atoms with Gasteiger partial charge in [0.2, 0.25) is 11.8 Å². The molecule has 0 aromatic heterocycles. The molecule has 0 bridgehead atoms. The highest BCUT2D eigenvalue weighted by molar-refractivity contribution is 6.35. The van der Waals surface area contributed by atoms with Gasteiger partial charge in [-0.25, -0.2) is 0 Å². The van der Waals surface area contributed by atoms with E-state index in [0.717, 1.165) is 5.56 Å². The van der Waals surface area contributed by atoms with Crippen molar-refractivity contribution in [3.8, 4) is 0 Å². The maximum absolute atomic E-state index is 12.2. The average molecular weight is 317 g/mol. The van der Waals surface area contributed by atoms with Crippen LogP contribution in [0.15, 0.2) is 18.2 Å². The fourth-order valence-electron chi connectivity index (χ4n) is 1.80. The van der Waals surface area contributed by atoms with Gasteiger partial charge in [0.1, 0.15) is 5.54 Å². The molecule has 0 saturated heterocycles. The van der Waals surface area contributed by atoms with Crippen molar-refractivity contribution in [3.05, 3.63) is 33.8 Å². The van der Waals surface area contributed by atoms with Gasteiger partial charge in [0.05, 0.1) is 6.04 Å². The fraction of sp³-hybridized carbons (Fsp3) is 0.429. The molecule has 1 atom stereocenters. The summed E-state index contributed by atoms with van der Waals surface area (Å²) in [5.74, 6) is -0.548. The van der Waals surface area contributed by atoms with Crippen molar-refractivity contribution in [3.63, 3.8) is 0 Å². The zero-order chi connectivity index (χ0) is 15.5. The van der Waals surface area contributed by atoms with Crippen LogP contribution in [-0.4, -0.2) is 17.4 Å². The summed E-state index contributed by atoms with van der Waals surface area (Å²) < 4.78 is 0. The van der Waals surface area contributed by atoms with Crippen molar-refractivity contribution in [2.24, 2.45) is 0 Å². The largest absolute Gasteiger partial charge is 0.348 e. The highest BCUT2D eigenvalue weighted by atomic mass is 35.5. The number of halogens is 2. The second kappa shape index (κ2) is 6.46. The lowest BCUT2D eigenvalue weighted by atomic mass is 10.0. The molecule has 0 unspecified atom stereocenters. The molecule has 20 heavy (non-hydrogen) atoms. The number of carbonyl (C=O) groups is 2. The summed E-state index contributed by atoms with van der Waals surface area (Å²) in [6, 6.07) is 4.81. The van der Waals surface area contributed by atoms with Gasteiger partial charge >= 0.3 is 0 Å². The zero-order valence-electron chi connectivity index (χ0n) is 11.9. The lowest BCUT2D eigenvalue weighted by Crippen LogP contribution is -2.54. The van der Waals surface area contributed by atoms with Gasteiger partial charge in [-0.3, -0.25) is 9.59 Å². The van der Waals surface area contributed by atoms with Crippen molar-refractivity contribution in [1.82, 2.24) is 10.6 Å². The maximum Gasteiger partial charge on any atom is 0.245 e. The summed E-state index contributed by atoms with van der Waals surface area (Å²) in [5, 5.41) is 6.44. The Kier molecular flexibility index (Phi) is 5.42. The molecule has 0 aliphatic rings. The lowest BCUT2D eigenvalue weighted by Gasteiger charge is -2.27. The van der Waals surface area contributed by atoms with Crippen LogP contribution in [0.2, 0.25) is 10.0 Å². The van der Waals surface area contributed by atoms with Gasteiger partial charge in [-0.2, -0.15) is 0 Å². The van der Waals surface area contributed by atoms with Crippen LogP contribution in [-0.2, 0) is 9.59 Å². The average Bonchev–Trinajstić information content (AvgIpc) is 2.26. The van der Waals surface area contributed by atoms with Crippen molar-refractivity contribution in [2.75, 3.05) is 0 Å². The van der Waals surface area contributed by atoms with Crippen molar-refractivity contribution in [1.29, 1.82) is 0 Å². The van der Waals surface area contributed by atoms with Crippen LogP contribution in [0.1, 0.15) is 39.3 Å². The van der Waals surface area contributed by atoms with E-state index >= 15 is 0 Å². The van der Waals surface area contributed by atoms with E-state index in [1.54, 1.807) is 32.0 Å². The summed E-state index contributed by atoms with van der Waals surface area (Å²) in [4.78, 5) is 23.3. The van der Waals surface area contributed by atoms with E-state index in [-0.39, 0.29) is 17.9 Å². The number of nitrogens with one attached hydrogen (secondary N) is 2. The molecule has 1 rings (SSSR count). The van der Waals surface area contributed by atoms with E-state index in [1.807, 2.05) is 6.92 Å². The standard InChI is InChI=1S/C14H18Cl2N2O2/c1-8(11-6-5-10(15)7-12(11)16)17-13(20)14(3,4)18-9(2)19/h5-8H,1-4H3,(H,17,20)(H,18,19)/t8-/m0/s1. The van der Waals surface area contributed by atoms with Gasteiger partial charge in [0.25, 0.3) is 0 Å². The Morgan fingerprint density at radius 1 is 1.25 bits per heavy atom. The smallest absolute Gasteiger partial charge is 0.245 e. The molecule has 6 heteroatoms. The predicted molar refractivity (Wildman–Crippen MR) is 80.9 cm³/mol. The fourth-order valence-corrected chi connectivity index (χ4v) is 2.38. The number of amides is 2. The molecular weight excluding hydrogens is 299 g/mol. The van der Waals surface area contributed by atoms with Crippen LogP contribution in [0.4, 0.5) is 0 Å². The summed E-state index contributed by atoms with van der Waals surface area (Å²) in [6.45, 7) is 6.46. The van der Waals surface area contributed by atoms with Crippen LogP contribution in [0, 0.1) is 0 Å². The highest BCUT2D eigenvalue weighted by Gasteiger charge is 2.29. The van der Waals surface area contributed by atoms with Gasteiger partial charge in [-0.05, 0) is 38.5 Å². The molecule has 0 spiro atoms. The quantitative estimate of drug-likeness (QED) is 0.896. The Bertz CT molecular complexity index is 530. The molecule has 0 saturated carbocycles. The molecule has 0 fully saturated rings. The summed E-state index contributed by atoms with van der Waals surface area (Å²) in [6.07, 6.45) is 0. The van der Waals surface area contributed by atoms with Gasteiger partial charge in [0, 0.05) is 17.0 Å². The first-order valence-corrected chi connectivity index (χ1v) is 6.93. The molecule has 2 N–H and O–H groups in total. The third-order valence-corrected chi connectivity index (χ3v) is 3.40. The monoisotopic (exact) mass is 316 g/mol. The maximum atomic E-state index is 12.2. The highest BCUT2D eigenvalue weighted by Crippen LogP contribution is 2.26. The first-order valence-electron chi connectivity index (χ1n) is 6.18. The third-order valence-electron chi connectivity index (χ3n) is 2.83. The molecule has 0 radical (unpaired) electrons. The molecule has 2 amide bonds. The molecule has 1 aromatic carbocycles. The topological polar surface area (TPSA) is 58.2 Å². The molecule has 0 aliphatic heterocycles. The van der Waals surface area contributed by atoms with Crippen molar-refractivity contribution in [2.45, 2.75) is 39.3 Å². The number of hydrogen-bond donors (Lipinski definition) is 2. The normalized spacial score (nSPS) is 12.7. The van der Waals surface area contributed by atoms with Gasteiger partial charge in [0.15, 0.2) is 0 Å². The van der Waals surface area contributed by atoms with E-state index in [2.05, 4.69) is 10.6 Å². The second-order valence-corrected chi connectivity index (χ2v) is 6.01. The number of rotatable bonds is 4. The molecule has 110 valence electrons. The van der Waals surface area contributed by atoms with E-state index < -0.39 is 5.54 Å². The van der Waals surface area contributed by atoms with Crippen molar-refractivity contribution >= 4 is 35.0 Å². The third kappa shape index (κ3) is 4.39. The molecule has 4 nitrogen and oxygen atoms in total. The van der Waals surface area contributed by atoms with Crippen LogP contribution in [0.25, 0.3) is 0 Å². The van der Waals surface area contributed by atoms with Crippen LogP contribution >= 0.6 is 23.2 Å². The van der Waals surface area contributed by atoms with E-state index in [4.69, 9.17) is 23.2 Å². The number of carbonyl (C=O) groups excluding carboxylic acids is 2. The van der Waals surface area contributed by atoms with Gasteiger partial charge < -0.3 is 10.6 Å². The predicted octanol–water partition coefficient (Wildman–Crippen LogP) is 3.09. The Hall–Kier alpha value is -1.26. The Morgan fingerprint density at radius 3 is 2.35 bits per heavy atom. The minimum Gasteiger partial charge on any atom is -0.348 e. The van der Waals surface area contributed by atoms with E-state index in [1.165, 1.54) is 6.92 Å². The first kappa shape index (κ1) is 16.8. The Balaban J connectivity index is 2.82. The molecule has 1 aromatic rings. The SMILES string of the molecule is CC(=O)NC(C)(C)C(=O)N[C@@H](C)c1ccc(Cl)cc1Cl.